The minimum Gasteiger partial charge on any atom is -0.311 e. The Hall–Kier alpha value is -7.16. The minimum atomic E-state index is 1.11. The lowest BCUT2D eigenvalue weighted by atomic mass is 9.99. The second-order valence-corrected chi connectivity index (χ2v) is 13.4. The first-order valence-electron chi connectivity index (χ1n) is 18.4. The highest BCUT2D eigenvalue weighted by Gasteiger charge is 2.17. The Morgan fingerprint density at radius 3 is 1.20 bits per heavy atom. The Morgan fingerprint density at radius 2 is 0.611 bits per heavy atom. The van der Waals surface area contributed by atoms with Crippen LogP contribution < -0.4 is 9.80 Å². The van der Waals surface area contributed by atoms with Crippen LogP contribution in [0, 0.1) is 0 Å². The highest BCUT2D eigenvalue weighted by Crippen LogP contribution is 2.42. The van der Waals surface area contributed by atoms with Gasteiger partial charge in [0.15, 0.2) is 0 Å². The molecule has 2 nitrogen and oxygen atoms in total. The molecule has 0 radical (unpaired) electrons. The van der Waals surface area contributed by atoms with Crippen LogP contribution >= 0.6 is 0 Å². The number of fused-ring (bicyclic) bond motifs is 1. The second-order valence-electron chi connectivity index (χ2n) is 13.4. The van der Waals surface area contributed by atoms with Gasteiger partial charge in [-0.05, 0) is 112 Å². The molecular formula is C52H38N2. The fourth-order valence-corrected chi connectivity index (χ4v) is 7.36. The van der Waals surface area contributed by atoms with Gasteiger partial charge in [0.05, 0.1) is 5.69 Å². The van der Waals surface area contributed by atoms with Crippen LogP contribution in [0.4, 0.5) is 34.1 Å². The van der Waals surface area contributed by atoms with E-state index >= 15 is 0 Å². The van der Waals surface area contributed by atoms with E-state index in [1.807, 2.05) is 0 Å². The summed E-state index contributed by atoms with van der Waals surface area (Å²) in [6, 6.07) is 82.4. The third kappa shape index (κ3) is 6.65. The monoisotopic (exact) mass is 690 g/mol. The molecule has 9 aromatic rings. The minimum absolute atomic E-state index is 1.11. The lowest BCUT2D eigenvalue weighted by molar-refractivity contribution is 1.28. The third-order valence-electron chi connectivity index (χ3n) is 10.0. The fourth-order valence-electron chi connectivity index (χ4n) is 7.36. The van der Waals surface area contributed by atoms with E-state index in [4.69, 9.17) is 0 Å². The molecule has 0 saturated heterocycles. The Kier molecular flexibility index (Phi) is 8.99. The van der Waals surface area contributed by atoms with Gasteiger partial charge in [-0.25, -0.2) is 0 Å². The first-order valence-corrected chi connectivity index (χ1v) is 18.4. The van der Waals surface area contributed by atoms with Gasteiger partial charge in [-0.3, -0.25) is 0 Å². The number of hydrogen-bond donors (Lipinski definition) is 0. The number of anilines is 6. The van der Waals surface area contributed by atoms with Crippen LogP contribution in [-0.4, -0.2) is 0 Å². The maximum absolute atomic E-state index is 2.37. The molecule has 0 atom stereocenters. The Labute approximate surface area is 317 Å². The SMILES string of the molecule is c1ccc(-c2ccc(N(c3ccccc3)c3ccc(-c4ccc5c(N(c6ccccc6)c6cccc(-c7ccccc7)c6)cccc5c4)cc3)cc2)cc1. The maximum Gasteiger partial charge on any atom is 0.0540 e. The molecule has 0 aromatic heterocycles. The summed E-state index contributed by atoms with van der Waals surface area (Å²) in [7, 11) is 0. The van der Waals surface area contributed by atoms with Crippen LogP contribution in [0.5, 0.6) is 0 Å². The van der Waals surface area contributed by atoms with E-state index in [0.29, 0.717) is 0 Å². The van der Waals surface area contributed by atoms with E-state index in [9.17, 15) is 0 Å². The number of rotatable bonds is 9. The first-order chi connectivity index (χ1) is 26.8. The van der Waals surface area contributed by atoms with Crippen molar-refractivity contribution in [2.75, 3.05) is 9.80 Å². The van der Waals surface area contributed by atoms with Crippen molar-refractivity contribution >= 4 is 44.9 Å². The van der Waals surface area contributed by atoms with Crippen molar-refractivity contribution in [3.8, 4) is 33.4 Å². The molecular weight excluding hydrogens is 653 g/mol. The molecule has 0 saturated carbocycles. The number of nitrogens with zero attached hydrogens (tertiary/aromatic N) is 2. The topological polar surface area (TPSA) is 6.48 Å². The zero-order valence-corrected chi connectivity index (χ0v) is 29.8. The van der Waals surface area contributed by atoms with E-state index in [1.54, 1.807) is 0 Å². The lowest BCUT2D eigenvalue weighted by Gasteiger charge is -2.27. The van der Waals surface area contributed by atoms with Gasteiger partial charge in [-0.1, -0.05) is 158 Å². The van der Waals surface area contributed by atoms with E-state index in [1.165, 1.54) is 44.2 Å². The molecule has 0 aliphatic rings. The summed E-state index contributed by atoms with van der Waals surface area (Å²) in [5, 5.41) is 2.39. The Bertz CT molecular complexity index is 2620. The molecule has 0 fully saturated rings. The molecule has 0 bridgehead atoms. The standard InChI is InChI=1S/C52H38N2/c1-5-15-39(16-6-1)41-27-32-48(33-28-41)53(46-21-9-3-10-22-46)49-34-29-42(30-35-49)44-31-36-51-45(37-44)20-14-26-52(51)54(47-23-11-4-12-24-47)50-25-13-19-43(38-50)40-17-7-2-8-18-40/h1-38H. The smallest absolute Gasteiger partial charge is 0.0540 e. The molecule has 0 aliphatic carbocycles. The number of hydrogen-bond acceptors (Lipinski definition) is 2. The molecule has 54 heavy (non-hydrogen) atoms. The lowest BCUT2D eigenvalue weighted by Crippen LogP contribution is -2.10. The molecule has 2 heteroatoms. The zero-order valence-electron chi connectivity index (χ0n) is 29.8. The van der Waals surface area contributed by atoms with Gasteiger partial charge >= 0.3 is 0 Å². The van der Waals surface area contributed by atoms with Crippen molar-refractivity contribution in [2.45, 2.75) is 0 Å². The summed E-state index contributed by atoms with van der Waals surface area (Å²) >= 11 is 0. The maximum atomic E-state index is 2.37. The summed E-state index contributed by atoms with van der Waals surface area (Å²) in [6.07, 6.45) is 0. The normalized spacial score (nSPS) is 11.0. The summed E-state index contributed by atoms with van der Waals surface area (Å²) in [4.78, 5) is 4.68. The molecule has 0 N–H and O–H groups in total. The summed E-state index contributed by atoms with van der Waals surface area (Å²) in [6.45, 7) is 0. The van der Waals surface area contributed by atoms with Gasteiger partial charge < -0.3 is 9.80 Å². The van der Waals surface area contributed by atoms with E-state index in [2.05, 4.69) is 240 Å². The molecule has 256 valence electrons. The highest BCUT2D eigenvalue weighted by molar-refractivity contribution is 6.01. The van der Waals surface area contributed by atoms with Gasteiger partial charge in [0.1, 0.15) is 0 Å². The van der Waals surface area contributed by atoms with Crippen molar-refractivity contribution in [2.24, 2.45) is 0 Å². The van der Waals surface area contributed by atoms with Gasteiger partial charge in [-0.15, -0.1) is 0 Å². The molecule has 9 rings (SSSR count). The van der Waals surface area contributed by atoms with Crippen molar-refractivity contribution in [1.29, 1.82) is 0 Å². The quantitative estimate of drug-likeness (QED) is 0.149. The Balaban J connectivity index is 1.06. The number of para-hydroxylation sites is 2. The second kappa shape index (κ2) is 14.8. The first kappa shape index (κ1) is 32.7. The van der Waals surface area contributed by atoms with Crippen LogP contribution in [0.15, 0.2) is 231 Å². The van der Waals surface area contributed by atoms with E-state index < -0.39 is 0 Å². The van der Waals surface area contributed by atoms with Crippen molar-refractivity contribution in [3.05, 3.63) is 231 Å². The number of benzene rings is 9. The zero-order chi connectivity index (χ0) is 36.1. The van der Waals surface area contributed by atoms with Crippen LogP contribution in [0.25, 0.3) is 44.2 Å². The van der Waals surface area contributed by atoms with Gasteiger partial charge in [0, 0.05) is 33.8 Å². The van der Waals surface area contributed by atoms with Crippen LogP contribution in [0.2, 0.25) is 0 Å². The third-order valence-corrected chi connectivity index (χ3v) is 10.0. The largest absolute Gasteiger partial charge is 0.311 e. The van der Waals surface area contributed by atoms with Crippen molar-refractivity contribution < 1.29 is 0 Å². The molecule has 0 unspecified atom stereocenters. The van der Waals surface area contributed by atoms with Gasteiger partial charge in [-0.2, -0.15) is 0 Å². The Morgan fingerprint density at radius 1 is 0.222 bits per heavy atom. The van der Waals surface area contributed by atoms with Gasteiger partial charge in [0.2, 0.25) is 0 Å². The van der Waals surface area contributed by atoms with Crippen LogP contribution in [0.1, 0.15) is 0 Å². The van der Waals surface area contributed by atoms with E-state index in [-0.39, 0.29) is 0 Å². The van der Waals surface area contributed by atoms with Gasteiger partial charge in [0.25, 0.3) is 0 Å². The predicted octanol–water partition coefficient (Wildman–Crippen LogP) is 14.8. The molecule has 0 spiro atoms. The fraction of sp³-hybridized carbons (Fsp3) is 0. The summed E-state index contributed by atoms with van der Waals surface area (Å²) < 4.78 is 0. The molecule has 0 heterocycles. The molecule has 0 aliphatic heterocycles. The molecule has 9 aromatic carbocycles. The van der Waals surface area contributed by atoms with Crippen LogP contribution in [0.3, 0.4) is 0 Å². The van der Waals surface area contributed by atoms with E-state index in [0.717, 1.165) is 34.1 Å². The van der Waals surface area contributed by atoms with Crippen molar-refractivity contribution in [3.63, 3.8) is 0 Å². The molecule has 0 amide bonds. The average Bonchev–Trinajstić information content (AvgIpc) is 3.26. The predicted molar refractivity (Wildman–Crippen MR) is 230 cm³/mol. The summed E-state index contributed by atoms with van der Waals surface area (Å²) in [5.74, 6) is 0. The average molecular weight is 691 g/mol. The van der Waals surface area contributed by atoms with Crippen molar-refractivity contribution in [1.82, 2.24) is 0 Å². The summed E-state index contributed by atoms with van der Waals surface area (Å²) in [5.41, 5.74) is 13.9. The van der Waals surface area contributed by atoms with Crippen LogP contribution in [-0.2, 0) is 0 Å². The highest BCUT2D eigenvalue weighted by atomic mass is 15.1.